The molecule has 2 aromatic rings. The van der Waals surface area contributed by atoms with E-state index in [-0.39, 0.29) is 18.2 Å². The number of amides is 1. The van der Waals surface area contributed by atoms with Gasteiger partial charge >= 0.3 is 0 Å². The number of nitrogens with one attached hydrogen (secondary N) is 1. The van der Waals surface area contributed by atoms with E-state index in [1.54, 1.807) is 18.3 Å². The van der Waals surface area contributed by atoms with Gasteiger partial charge in [-0.05, 0) is 60.3 Å². The highest BCUT2D eigenvalue weighted by atomic mass is 19.1. The highest BCUT2D eigenvalue weighted by Gasteiger charge is 2.41. The molecule has 2 heterocycles. The van der Waals surface area contributed by atoms with Crippen LogP contribution in [-0.2, 0) is 4.79 Å². The van der Waals surface area contributed by atoms with Crippen LogP contribution >= 0.6 is 0 Å². The van der Waals surface area contributed by atoms with E-state index in [4.69, 9.17) is 9.47 Å². The Kier molecular flexibility index (Phi) is 7.87. The molecule has 0 unspecified atom stereocenters. The number of hydrogen-bond acceptors (Lipinski definition) is 6. The van der Waals surface area contributed by atoms with E-state index in [2.05, 4.69) is 28.2 Å². The van der Waals surface area contributed by atoms with Gasteiger partial charge in [0, 0.05) is 22.9 Å². The van der Waals surface area contributed by atoms with Crippen LogP contribution in [0.5, 0.6) is 11.6 Å². The topological polar surface area (TPSA) is 87.5 Å². The maximum atomic E-state index is 14.2. The molecule has 0 radical (unpaired) electrons. The lowest BCUT2D eigenvalue weighted by atomic mass is 9.97. The second-order valence-electron chi connectivity index (χ2n) is 9.75. The standard InChI is InChI=1S/C27H33FN4O3/c1-8-19-22(31-25(33)24(19)28)15-34-26-21-12-23(35-16(2)3)18(13-29)11-20(21)17(14-30-26)9-10-27(4,5)32(6)7/h11-12,14,16,19,22,24H,8,15H2,1-7H3,(H,31,33)/t19-,22+,24-/m0/s1. The number of halogens is 1. The van der Waals surface area contributed by atoms with Crippen molar-refractivity contribution in [2.24, 2.45) is 5.92 Å². The summed E-state index contributed by atoms with van der Waals surface area (Å²) in [4.78, 5) is 18.3. The van der Waals surface area contributed by atoms with Gasteiger partial charge in [0.05, 0.1) is 28.8 Å². The molecule has 0 bridgehead atoms. The van der Waals surface area contributed by atoms with E-state index in [0.29, 0.717) is 39.9 Å². The first kappa shape index (κ1) is 26.2. The fourth-order valence-electron chi connectivity index (χ4n) is 3.82. The Morgan fingerprint density at radius 1 is 1.26 bits per heavy atom. The normalized spacial score (nSPS) is 19.9. The molecule has 0 spiro atoms. The third kappa shape index (κ3) is 5.66. The van der Waals surface area contributed by atoms with Crippen molar-refractivity contribution in [3.05, 3.63) is 29.5 Å². The van der Waals surface area contributed by atoms with E-state index in [9.17, 15) is 14.4 Å². The van der Waals surface area contributed by atoms with Crippen molar-refractivity contribution in [3.8, 4) is 29.5 Å². The molecule has 1 aromatic carbocycles. The van der Waals surface area contributed by atoms with Crippen molar-refractivity contribution in [1.29, 1.82) is 5.26 Å². The summed E-state index contributed by atoms with van der Waals surface area (Å²) >= 11 is 0. The fraction of sp³-hybridized carbons (Fsp3) is 0.519. The van der Waals surface area contributed by atoms with Gasteiger partial charge in [-0.3, -0.25) is 9.69 Å². The SMILES string of the molecule is CC[C@@H]1[C@H](F)C(=O)N[C@@H]1COc1ncc(C#CC(C)(C)N(C)C)c2cc(C#N)c(OC(C)C)cc12. The Morgan fingerprint density at radius 2 is 1.97 bits per heavy atom. The second-order valence-corrected chi connectivity index (χ2v) is 9.75. The molecular formula is C27H33FN4O3. The highest BCUT2D eigenvalue weighted by Crippen LogP contribution is 2.34. The van der Waals surface area contributed by atoms with Crippen molar-refractivity contribution in [1.82, 2.24) is 15.2 Å². The van der Waals surface area contributed by atoms with E-state index in [1.165, 1.54) is 0 Å². The zero-order valence-electron chi connectivity index (χ0n) is 21.4. The van der Waals surface area contributed by atoms with Crippen molar-refractivity contribution in [2.45, 2.75) is 64.9 Å². The number of nitrogens with zero attached hydrogens (tertiary/aromatic N) is 3. The summed E-state index contributed by atoms with van der Waals surface area (Å²) in [5.41, 5.74) is 0.658. The van der Waals surface area contributed by atoms with Gasteiger partial charge in [-0.1, -0.05) is 18.8 Å². The molecule has 1 aliphatic heterocycles. The van der Waals surface area contributed by atoms with E-state index in [1.807, 2.05) is 53.6 Å². The number of fused-ring (bicyclic) bond motifs is 1. The van der Waals surface area contributed by atoms with Crippen LogP contribution < -0.4 is 14.8 Å². The van der Waals surface area contributed by atoms with E-state index < -0.39 is 24.0 Å². The van der Waals surface area contributed by atoms with Crippen molar-refractivity contribution in [3.63, 3.8) is 0 Å². The maximum absolute atomic E-state index is 14.2. The van der Waals surface area contributed by atoms with Crippen LogP contribution in [-0.4, -0.2) is 60.3 Å². The largest absolute Gasteiger partial charge is 0.490 e. The number of aromatic nitrogens is 1. The summed E-state index contributed by atoms with van der Waals surface area (Å²) < 4.78 is 26.1. The summed E-state index contributed by atoms with van der Waals surface area (Å²) in [6.07, 6.45) is 0.445. The third-order valence-electron chi connectivity index (χ3n) is 6.40. The minimum absolute atomic E-state index is 0.0752. The van der Waals surface area contributed by atoms with Crippen molar-refractivity contribution >= 4 is 16.7 Å². The Bertz CT molecular complexity index is 1210. The Labute approximate surface area is 206 Å². The van der Waals surface area contributed by atoms with Crippen LogP contribution in [0.15, 0.2) is 18.3 Å². The molecule has 1 aromatic heterocycles. The number of ether oxygens (including phenoxy) is 2. The molecule has 0 aliphatic carbocycles. The number of pyridine rings is 1. The predicted molar refractivity (Wildman–Crippen MR) is 133 cm³/mol. The van der Waals surface area contributed by atoms with Gasteiger partial charge in [0.1, 0.15) is 18.4 Å². The van der Waals surface area contributed by atoms with Gasteiger partial charge in [-0.2, -0.15) is 5.26 Å². The minimum Gasteiger partial charge on any atom is -0.490 e. The number of hydrogen-bond donors (Lipinski definition) is 1. The first-order valence-electron chi connectivity index (χ1n) is 11.8. The lowest BCUT2D eigenvalue weighted by Crippen LogP contribution is -2.36. The number of carbonyl (C=O) groups is 1. The number of carbonyl (C=O) groups excluding carboxylic acids is 1. The molecule has 3 rings (SSSR count). The molecule has 8 heteroatoms. The predicted octanol–water partition coefficient (Wildman–Crippen LogP) is 3.83. The van der Waals surface area contributed by atoms with Crippen LogP contribution in [0.25, 0.3) is 10.8 Å². The summed E-state index contributed by atoms with van der Waals surface area (Å²) in [5.74, 6) is 6.13. The quantitative estimate of drug-likeness (QED) is 0.606. The molecule has 1 saturated heterocycles. The zero-order valence-corrected chi connectivity index (χ0v) is 21.4. The van der Waals surface area contributed by atoms with Gasteiger partial charge in [-0.15, -0.1) is 0 Å². The lowest BCUT2D eigenvalue weighted by Gasteiger charge is -2.26. The van der Waals surface area contributed by atoms with Gasteiger partial charge in [0.15, 0.2) is 6.17 Å². The first-order chi connectivity index (χ1) is 16.5. The van der Waals surface area contributed by atoms with Crippen molar-refractivity contribution in [2.75, 3.05) is 20.7 Å². The van der Waals surface area contributed by atoms with Gasteiger partial charge in [-0.25, -0.2) is 9.37 Å². The monoisotopic (exact) mass is 480 g/mol. The van der Waals surface area contributed by atoms with Crippen molar-refractivity contribution < 1.29 is 18.7 Å². The summed E-state index contributed by atoms with van der Waals surface area (Å²) in [5, 5.41) is 13.7. The summed E-state index contributed by atoms with van der Waals surface area (Å²) in [6, 6.07) is 5.22. The van der Waals surface area contributed by atoms with Crippen LogP contribution in [0.3, 0.4) is 0 Å². The molecule has 35 heavy (non-hydrogen) atoms. The molecule has 1 fully saturated rings. The van der Waals surface area contributed by atoms with E-state index >= 15 is 0 Å². The lowest BCUT2D eigenvalue weighted by molar-refractivity contribution is -0.123. The Balaban J connectivity index is 2.07. The van der Waals surface area contributed by atoms with Crippen LogP contribution in [0.2, 0.25) is 0 Å². The molecule has 7 nitrogen and oxygen atoms in total. The second kappa shape index (κ2) is 10.5. The highest BCUT2D eigenvalue weighted by molar-refractivity contribution is 5.94. The van der Waals surface area contributed by atoms with Crippen LogP contribution in [0, 0.1) is 29.1 Å². The van der Waals surface area contributed by atoms with Gasteiger partial charge < -0.3 is 14.8 Å². The first-order valence-corrected chi connectivity index (χ1v) is 11.8. The fourth-order valence-corrected chi connectivity index (χ4v) is 3.82. The summed E-state index contributed by atoms with van der Waals surface area (Å²) in [6.45, 7) is 9.72. The van der Waals surface area contributed by atoms with Gasteiger partial charge in [0.2, 0.25) is 5.88 Å². The number of benzene rings is 1. The Morgan fingerprint density at radius 3 is 2.57 bits per heavy atom. The molecule has 0 saturated carbocycles. The summed E-state index contributed by atoms with van der Waals surface area (Å²) in [7, 11) is 3.91. The van der Waals surface area contributed by atoms with Crippen LogP contribution in [0.4, 0.5) is 4.39 Å². The molecule has 3 atom stereocenters. The number of alkyl halides is 1. The molecular weight excluding hydrogens is 447 g/mol. The number of rotatable bonds is 7. The zero-order chi connectivity index (χ0) is 25.9. The average molecular weight is 481 g/mol. The minimum atomic E-state index is -1.54. The molecule has 1 N–H and O–H groups in total. The maximum Gasteiger partial charge on any atom is 0.255 e. The van der Waals surface area contributed by atoms with E-state index in [0.717, 1.165) is 0 Å². The average Bonchev–Trinajstić information content (AvgIpc) is 3.08. The third-order valence-corrected chi connectivity index (χ3v) is 6.40. The smallest absolute Gasteiger partial charge is 0.255 e. The number of nitriles is 1. The molecule has 186 valence electrons. The molecule has 1 aliphatic rings. The molecule has 1 amide bonds. The van der Waals surface area contributed by atoms with Crippen LogP contribution in [0.1, 0.15) is 52.2 Å². The Hall–Kier alpha value is -3.36. The van der Waals surface area contributed by atoms with Gasteiger partial charge in [0.25, 0.3) is 5.91 Å².